The van der Waals surface area contributed by atoms with Crippen LogP contribution < -0.4 is 0 Å². The molecule has 0 spiro atoms. The number of aromatic amines is 1. The van der Waals surface area contributed by atoms with E-state index in [1.165, 1.54) is 18.5 Å². The SMILES string of the molecule is Clc1nc(-n2cnc3c2CCCC3)c2[nH]cnc2n1. The molecule has 0 amide bonds. The van der Waals surface area contributed by atoms with Crippen LogP contribution >= 0.6 is 11.6 Å². The number of hydrogen-bond acceptors (Lipinski definition) is 4. The average Bonchev–Trinajstić information content (AvgIpc) is 3.03. The highest BCUT2D eigenvalue weighted by Gasteiger charge is 2.19. The summed E-state index contributed by atoms with van der Waals surface area (Å²) in [5.74, 6) is 0.725. The summed E-state index contributed by atoms with van der Waals surface area (Å²) >= 11 is 5.97. The highest BCUT2D eigenvalue weighted by atomic mass is 35.5. The predicted molar refractivity (Wildman–Crippen MR) is 70.5 cm³/mol. The first-order valence-corrected chi connectivity index (χ1v) is 6.63. The topological polar surface area (TPSA) is 72.3 Å². The summed E-state index contributed by atoms with van der Waals surface area (Å²) in [6.45, 7) is 0. The monoisotopic (exact) mass is 274 g/mol. The van der Waals surface area contributed by atoms with Crippen LogP contribution in [0.4, 0.5) is 0 Å². The van der Waals surface area contributed by atoms with E-state index >= 15 is 0 Å². The minimum Gasteiger partial charge on any atom is -0.340 e. The molecule has 6 nitrogen and oxygen atoms in total. The Morgan fingerprint density at radius 2 is 2.05 bits per heavy atom. The van der Waals surface area contributed by atoms with Crippen molar-refractivity contribution in [3.63, 3.8) is 0 Å². The molecule has 0 fully saturated rings. The Kier molecular flexibility index (Phi) is 2.32. The van der Waals surface area contributed by atoms with Gasteiger partial charge in [0.15, 0.2) is 11.5 Å². The van der Waals surface area contributed by atoms with Gasteiger partial charge in [-0.3, -0.25) is 4.57 Å². The number of nitrogens with one attached hydrogen (secondary N) is 1. The smallest absolute Gasteiger partial charge is 0.226 e. The van der Waals surface area contributed by atoms with Gasteiger partial charge in [0.2, 0.25) is 5.28 Å². The molecular formula is C12H11ClN6. The lowest BCUT2D eigenvalue weighted by molar-refractivity contribution is 0.654. The molecule has 0 atom stereocenters. The number of imidazole rings is 2. The summed E-state index contributed by atoms with van der Waals surface area (Å²) in [7, 11) is 0. The van der Waals surface area contributed by atoms with Gasteiger partial charge < -0.3 is 4.98 Å². The van der Waals surface area contributed by atoms with Gasteiger partial charge in [-0.1, -0.05) is 0 Å². The predicted octanol–water partition coefficient (Wildman–Crippen LogP) is 2.07. The number of aryl methyl sites for hydroxylation is 1. The van der Waals surface area contributed by atoms with Gasteiger partial charge in [-0.15, -0.1) is 0 Å². The summed E-state index contributed by atoms with van der Waals surface area (Å²) in [5, 5.41) is 0.202. The minimum atomic E-state index is 0.202. The molecule has 1 aliphatic carbocycles. The van der Waals surface area contributed by atoms with Crippen molar-refractivity contribution in [1.29, 1.82) is 0 Å². The van der Waals surface area contributed by atoms with Crippen molar-refractivity contribution in [3.05, 3.63) is 29.3 Å². The van der Waals surface area contributed by atoms with E-state index < -0.39 is 0 Å². The maximum Gasteiger partial charge on any atom is 0.226 e. The first-order chi connectivity index (χ1) is 9.33. The maximum absolute atomic E-state index is 5.97. The van der Waals surface area contributed by atoms with E-state index in [1.807, 2.05) is 10.9 Å². The minimum absolute atomic E-state index is 0.202. The summed E-state index contributed by atoms with van der Waals surface area (Å²) in [5.41, 5.74) is 3.74. The van der Waals surface area contributed by atoms with Gasteiger partial charge in [0.25, 0.3) is 0 Å². The second-order valence-electron chi connectivity index (χ2n) is 4.63. The van der Waals surface area contributed by atoms with E-state index in [4.69, 9.17) is 11.6 Å². The van der Waals surface area contributed by atoms with Crippen LogP contribution in [0, 0.1) is 0 Å². The second kappa shape index (κ2) is 4.03. The molecule has 0 radical (unpaired) electrons. The molecule has 0 aliphatic heterocycles. The molecule has 1 N–H and O–H groups in total. The van der Waals surface area contributed by atoms with Crippen LogP contribution in [-0.2, 0) is 12.8 Å². The van der Waals surface area contributed by atoms with Crippen molar-refractivity contribution in [2.45, 2.75) is 25.7 Å². The lowest BCUT2D eigenvalue weighted by Gasteiger charge is -2.13. The van der Waals surface area contributed by atoms with Crippen molar-refractivity contribution in [2.24, 2.45) is 0 Å². The number of aromatic nitrogens is 6. The van der Waals surface area contributed by atoms with E-state index in [0.29, 0.717) is 5.65 Å². The van der Waals surface area contributed by atoms with Crippen LogP contribution in [0.25, 0.3) is 17.0 Å². The number of nitrogens with zero attached hydrogens (tertiary/aromatic N) is 5. The Labute approximate surface area is 113 Å². The molecule has 0 saturated carbocycles. The van der Waals surface area contributed by atoms with Gasteiger partial charge >= 0.3 is 0 Å². The van der Waals surface area contributed by atoms with E-state index in [0.717, 1.165) is 29.9 Å². The van der Waals surface area contributed by atoms with Gasteiger partial charge in [-0.05, 0) is 37.3 Å². The maximum atomic E-state index is 5.97. The Morgan fingerprint density at radius 3 is 3.00 bits per heavy atom. The number of H-pyrrole nitrogens is 1. The van der Waals surface area contributed by atoms with Crippen LogP contribution in [0.1, 0.15) is 24.2 Å². The number of fused-ring (bicyclic) bond motifs is 2. The Hall–Kier alpha value is -1.95. The van der Waals surface area contributed by atoms with E-state index in [2.05, 4.69) is 24.9 Å². The quantitative estimate of drug-likeness (QED) is 0.690. The number of hydrogen-bond donors (Lipinski definition) is 1. The highest BCUT2D eigenvalue weighted by Crippen LogP contribution is 2.25. The van der Waals surface area contributed by atoms with Gasteiger partial charge in [0.05, 0.1) is 12.0 Å². The fourth-order valence-corrected chi connectivity index (χ4v) is 2.78. The second-order valence-corrected chi connectivity index (χ2v) is 4.97. The largest absolute Gasteiger partial charge is 0.340 e. The Bertz CT molecular complexity index is 759. The zero-order valence-electron chi connectivity index (χ0n) is 10.1. The molecule has 0 saturated heterocycles. The molecule has 7 heteroatoms. The molecule has 4 rings (SSSR count). The highest BCUT2D eigenvalue weighted by molar-refractivity contribution is 6.28. The zero-order valence-corrected chi connectivity index (χ0v) is 10.9. The molecule has 0 bridgehead atoms. The summed E-state index contributed by atoms with van der Waals surface area (Å²) in [6, 6.07) is 0. The third-order valence-corrected chi connectivity index (χ3v) is 3.67. The molecule has 0 unspecified atom stereocenters. The fraction of sp³-hybridized carbons (Fsp3) is 0.333. The van der Waals surface area contributed by atoms with E-state index in [9.17, 15) is 0 Å². The van der Waals surface area contributed by atoms with Crippen molar-refractivity contribution in [2.75, 3.05) is 0 Å². The van der Waals surface area contributed by atoms with Crippen molar-refractivity contribution in [1.82, 2.24) is 29.5 Å². The standard InChI is InChI=1S/C12H11ClN6/c13-12-17-10-9(14-5-15-10)11(18-12)19-6-16-7-3-1-2-4-8(7)19/h5-6H,1-4H2,(H,14,15,17,18). The summed E-state index contributed by atoms with van der Waals surface area (Å²) in [6.07, 6.45) is 7.86. The molecule has 1 aliphatic rings. The molecule has 3 aromatic rings. The third kappa shape index (κ3) is 1.63. The zero-order chi connectivity index (χ0) is 12.8. The molecule has 96 valence electrons. The van der Waals surface area contributed by atoms with Crippen LogP contribution in [0.3, 0.4) is 0 Å². The van der Waals surface area contributed by atoms with Gasteiger partial charge in [-0.2, -0.15) is 9.97 Å². The van der Waals surface area contributed by atoms with Crippen molar-refractivity contribution >= 4 is 22.8 Å². The molecule has 0 aromatic carbocycles. The van der Waals surface area contributed by atoms with E-state index in [-0.39, 0.29) is 5.28 Å². The van der Waals surface area contributed by atoms with Gasteiger partial charge in [0.1, 0.15) is 11.8 Å². The van der Waals surface area contributed by atoms with Crippen molar-refractivity contribution in [3.8, 4) is 5.82 Å². The summed E-state index contributed by atoms with van der Waals surface area (Å²) in [4.78, 5) is 20.1. The normalized spacial score (nSPS) is 14.8. The first kappa shape index (κ1) is 10.9. The number of rotatable bonds is 1. The number of halogens is 1. The van der Waals surface area contributed by atoms with Crippen molar-refractivity contribution < 1.29 is 0 Å². The third-order valence-electron chi connectivity index (χ3n) is 3.50. The summed E-state index contributed by atoms with van der Waals surface area (Å²) < 4.78 is 2.00. The average molecular weight is 275 g/mol. The van der Waals surface area contributed by atoms with Gasteiger partial charge in [-0.25, -0.2) is 9.97 Å². The fourth-order valence-electron chi connectivity index (χ4n) is 2.62. The van der Waals surface area contributed by atoms with Crippen LogP contribution in [-0.4, -0.2) is 29.5 Å². The van der Waals surface area contributed by atoms with Gasteiger partial charge in [0, 0.05) is 5.69 Å². The van der Waals surface area contributed by atoms with E-state index in [1.54, 1.807) is 6.33 Å². The lowest BCUT2D eigenvalue weighted by Crippen LogP contribution is -2.09. The van der Waals surface area contributed by atoms with Crippen LogP contribution in [0.5, 0.6) is 0 Å². The van der Waals surface area contributed by atoms with Crippen LogP contribution in [0.15, 0.2) is 12.7 Å². The Balaban J connectivity index is 1.99. The Morgan fingerprint density at radius 1 is 1.16 bits per heavy atom. The lowest BCUT2D eigenvalue weighted by atomic mass is 10.0. The van der Waals surface area contributed by atoms with Crippen LogP contribution in [0.2, 0.25) is 5.28 Å². The first-order valence-electron chi connectivity index (χ1n) is 6.25. The molecule has 3 aromatic heterocycles. The molecule has 19 heavy (non-hydrogen) atoms. The molecule has 3 heterocycles. The molecular weight excluding hydrogens is 264 g/mol.